The third-order valence-electron chi connectivity index (χ3n) is 9.47. The van der Waals surface area contributed by atoms with Gasteiger partial charge in [0.25, 0.3) is 11.5 Å². The number of nitrogens with one attached hydrogen (secondary N) is 1. The number of carbonyl (C=O) groups is 2. The Labute approximate surface area is 248 Å². The number of pyridine rings is 1. The summed E-state index contributed by atoms with van der Waals surface area (Å²) in [5.41, 5.74) is -1.08. The van der Waals surface area contributed by atoms with Crippen LogP contribution >= 0.6 is 0 Å². The molecule has 1 aromatic heterocycles. The largest absolute Gasteiger partial charge is 0.396 e. The van der Waals surface area contributed by atoms with E-state index >= 15 is 0 Å². The SMILES string of the molecule is O=C(c1cn(C[C@]2(O)CCN(C(=O)[C@H](CO)CC(F)(F)F)CC23CCCC3)c(=O)cc1-c1ccccc1)N1CCNCC1. The summed E-state index contributed by atoms with van der Waals surface area (Å²) in [6.45, 7) is 1.36. The van der Waals surface area contributed by atoms with Gasteiger partial charge in [-0.3, -0.25) is 14.4 Å². The normalized spacial score (nSPS) is 23.0. The second-order valence-corrected chi connectivity index (χ2v) is 12.2. The molecule has 3 aliphatic rings. The molecule has 5 rings (SSSR count). The Kier molecular flexibility index (Phi) is 9.01. The van der Waals surface area contributed by atoms with Gasteiger partial charge < -0.3 is 29.9 Å². The minimum Gasteiger partial charge on any atom is -0.396 e. The number of likely N-dealkylation sites (tertiary alicyclic amines) is 1. The maximum absolute atomic E-state index is 13.8. The Balaban J connectivity index is 1.47. The van der Waals surface area contributed by atoms with Crippen molar-refractivity contribution in [3.05, 3.63) is 58.5 Å². The summed E-state index contributed by atoms with van der Waals surface area (Å²) >= 11 is 0. The minimum absolute atomic E-state index is 0.00510. The fraction of sp³-hybridized carbons (Fsp3) is 0.581. The molecule has 1 saturated carbocycles. The Morgan fingerprint density at radius 1 is 1.00 bits per heavy atom. The second-order valence-electron chi connectivity index (χ2n) is 12.2. The predicted octanol–water partition coefficient (Wildman–Crippen LogP) is 2.65. The van der Waals surface area contributed by atoms with Gasteiger partial charge in [-0.15, -0.1) is 0 Å². The van der Waals surface area contributed by atoms with E-state index in [1.807, 2.05) is 30.3 Å². The van der Waals surface area contributed by atoms with Crippen LogP contribution in [-0.2, 0) is 11.3 Å². The molecule has 2 aromatic rings. The highest BCUT2D eigenvalue weighted by Crippen LogP contribution is 2.52. The molecule has 0 unspecified atom stereocenters. The van der Waals surface area contributed by atoms with E-state index in [1.165, 1.54) is 21.7 Å². The van der Waals surface area contributed by atoms with E-state index in [9.17, 15) is 37.8 Å². The second kappa shape index (κ2) is 12.4. The molecule has 0 bridgehead atoms. The highest BCUT2D eigenvalue weighted by atomic mass is 19.4. The van der Waals surface area contributed by atoms with Crippen molar-refractivity contribution in [2.45, 2.75) is 56.8 Å². The highest BCUT2D eigenvalue weighted by Gasteiger charge is 2.56. The van der Waals surface area contributed by atoms with Crippen LogP contribution < -0.4 is 10.9 Å². The molecule has 3 heterocycles. The summed E-state index contributed by atoms with van der Waals surface area (Å²) in [4.78, 5) is 43.5. The summed E-state index contributed by atoms with van der Waals surface area (Å²) in [6.07, 6.45) is -1.81. The molecule has 1 aromatic carbocycles. The first kappa shape index (κ1) is 31.2. The van der Waals surface area contributed by atoms with E-state index in [0.29, 0.717) is 50.1 Å². The van der Waals surface area contributed by atoms with Gasteiger partial charge in [0.05, 0.1) is 36.7 Å². The molecule has 234 valence electrons. The predicted molar refractivity (Wildman–Crippen MR) is 153 cm³/mol. The van der Waals surface area contributed by atoms with Crippen LogP contribution in [0.25, 0.3) is 11.1 Å². The van der Waals surface area contributed by atoms with Crippen molar-refractivity contribution < 1.29 is 33.0 Å². The van der Waals surface area contributed by atoms with Gasteiger partial charge in [0, 0.05) is 62.5 Å². The van der Waals surface area contributed by atoms with E-state index < -0.39 is 42.0 Å². The van der Waals surface area contributed by atoms with Crippen LogP contribution in [0.1, 0.15) is 48.9 Å². The van der Waals surface area contributed by atoms with Gasteiger partial charge in [0.2, 0.25) is 5.91 Å². The molecule has 9 nitrogen and oxygen atoms in total. The molecule has 0 radical (unpaired) electrons. The lowest BCUT2D eigenvalue weighted by molar-refractivity contribution is -0.175. The standard InChI is InChI=1S/C31H39F3N4O5/c32-31(33,34)17-23(19-39)27(41)37-13-10-30(43,29(20-37)8-4-5-9-29)21-38-18-25(28(42)36-14-11-35-12-15-36)24(16-26(38)40)22-6-2-1-3-7-22/h1-3,6-7,16,18,23,35,39,43H,4-5,8-15,17,19-21H2/t23-,30+/m0/s1. The zero-order chi connectivity index (χ0) is 30.8. The lowest BCUT2D eigenvalue weighted by atomic mass is 9.65. The topological polar surface area (TPSA) is 115 Å². The molecular formula is C31H39F3N4O5. The van der Waals surface area contributed by atoms with Crippen molar-refractivity contribution in [3.63, 3.8) is 0 Å². The van der Waals surface area contributed by atoms with Crippen molar-refractivity contribution in [1.82, 2.24) is 19.7 Å². The Morgan fingerprint density at radius 2 is 1.67 bits per heavy atom. The van der Waals surface area contributed by atoms with Crippen LogP contribution in [0.4, 0.5) is 13.2 Å². The Bertz CT molecular complexity index is 1370. The van der Waals surface area contributed by atoms with Crippen LogP contribution in [0.15, 0.2) is 47.4 Å². The van der Waals surface area contributed by atoms with Crippen LogP contribution in [0.3, 0.4) is 0 Å². The number of hydrogen-bond acceptors (Lipinski definition) is 6. The van der Waals surface area contributed by atoms with Crippen molar-refractivity contribution >= 4 is 11.8 Å². The van der Waals surface area contributed by atoms with E-state index in [1.54, 1.807) is 4.90 Å². The maximum atomic E-state index is 13.8. The number of aliphatic hydroxyl groups excluding tert-OH is 1. The number of piperidine rings is 1. The first-order chi connectivity index (χ1) is 20.5. The molecular weight excluding hydrogens is 565 g/mol. The molecule has 43 heavy (non-hydrogen) atoms. The summed E-state index contributed by atoms with van der Waals surface area (Å²) in [5.74, 6) is -2.59. The van der Waals surface area contributed by atoms with Crippen LogP contribution in [0.2, 0.25) is 0 Å². The van der Waals surface area contributed by atoms with Gasteiger partial charge in [-0.1, -0.05) is 43.2 Å². The maximum Gasteiger partial charge on any atom is 0.389 e. The molecule has 3 N–H and O–H groups in total. The Morgan fingerprint density at radius 3 is 2.30 bits per heavy atom. The zero-order valence-corrected chi connectivity index (χ0v) is 24.1. The number of piperazine rings is 1. The number of amides is 2. The fourth-order valence-corrected chi connectivity index (χ4v) is 7.10. The molecule has 1 spiro atoms. The number of aliphatic hydroxyl groups is 2. The Hall–Kier alpha value is -3.22. The first-order valence-electron chi connectivity index (χ1n) is 14.9. The van der Waals surface area contributed by atoms with Gasteiger partial charge in [0.1, 0.15) is 0 Å². The van der Waals surface area contributed by atoms with E-state index in [4.69, 9.17) is 0 Å². The van der Waals surface area contributed by atoms with Gasteiger partial charge in [-0.25, -0.2) is 0 Å². The van der Waals surface area contributed by atoms with Gasteiger partial charge >= 0.3 is 6.18 Å². The number of rotatable bonds is 7. The third kappa shape index (κ3) is 6.51. The average molecular weight is 605 g/mol. The number of aromatic nitrogens is 1. The van der Waals surface area contributed by atoms with Gasteiger partial charge in [-0.2, -0.15) is 13.2 Å². The highest BCUT2D eigenvalue weighted by molar-refractivity contribution is 6.00. The van der Waals surface area contributed by atoms with Crippen molar-refractivity contribution in [2.24, 2.45) is 11.3 Å². The van der Waals surface area contributed by atoms with Gasteiger partial charge in [-0.05, 0) is 24.8 Å². The quantitative estimate of drug-likeness (QED) is 0.448. The van der Waals surface area contributed by atoms with E-state index in [0.717, 1.165) is 18.4 Å². The summed E-state index contributed by atoms with van der Waals surface area (Å²) in [5, 5.41) is 25.0. The average Bonchev–Trinajstić information content (AvgIpc) is 3.48. The summed E-state index contributed by atoms with van der Waals surface area (Å²) in [7, 11) is 0. The molecule has 2 saturated heterocycles. The molecule has 12 heteroatoms. The number of carbonyl (C=O) groups excluding carboxylic acids is 2. The first-order valence-corrected chi connectivity index (χ1v) is 14.9. The molecule has 3 fully saturated rings. The lowest BCUT2D eigenvalue weighted by Crippen LogP contribution is -2.62. The van der Waals surface area contributed by atoms with Crippen molar-refractivity contribution in [1.29, 1.82) is 0 Å². The van der Waals surface area contributed by atoms with Crippen LogP contribution in [0.5, 0.6) is 0 Å². The number of halogens is 3. The number of nitrogens with zero attached hydrogens (tertiary/aromatic N) is 3. The molecule has 2 amide bonds. The number of benzene rings is 1. The van der Waals surface area contributed by atoms with Crippen LogP contribution in [-0.4, -0.2) is 94.0 Å². The van der Waals surface area contributed by atoms with Crippen molar-refractivity contribution in [3.8, 4) is 11.1 Å². The molecule has 2 atom stereocenters. The summed E-state index contributed by atoms with van der Waals surface area (Å²) in [6, 6.07) is 10.6. The zero-order valence-electron chi connectivity index (χ0n) is 24.1. The van der Waals surface area contributed by atoms with E-state index in [-0.39, 0.29) is 37.5 Å². The number of alkyl halides is 3. The van der Waals surface area contributed by atoms with Crippen molar-refractivity contribution in [2.75, 3.05) is 45.9 Å². The third-order valence-corrected chi connectivity index (χ3v) is 9.47. The number of hydrogen-bond donors (Lipinski definition) is 3. The molecule has 1 aliphatic carbocycles. The summed E-state index contributed by atoms with van der Waals surface area (Å²) < 4.78 is 40.6. The smallest absolute Gasteiger partial charge is 0.389 e. The fourth-order valence-electron chi connectivity index (χ4n) is 7.10. The van der Waals surface area contributed by atoms with E-state index in [2.05, 4.69) is 5.32 Å². The molecule has 2 aliphatic heterocycles. The van der Waals surface area contributed by atoms with Crippen LogP contribution in [0, 0.1) is 11.3 Å². The minimum atomic E-state index is -4.60. The lowest BCUT2D eigenvalue weighted by Gasteiger charge is -2.52. The van der Waals surface area contributed by atoms with Gasteiger partial charge in [0.15, 0.2) is 0 Å². The monoisotopic (exact) mass is 604 g/mol.